The van der Waals surface area contributed by atoms with Gasteiger partial charge < -0.3 is 49.6 Å². The van der Waals surface area contributed by atoms with E-state index < -0.39 is 30.5 Å². The summed E-state index contributed by atoms with van der Waals surface area (Å²) in [4.78, 5) is 0. The van der Waals surface area contributed by atoms with Gasteiger partial charge in [-0.15, -0.1) is 0 Å². The third-order valence-corrected chi connectivity index (χ3v) is 80.6. The van der Waals surface area contributed by atoms with Crippen molar-refractivity contribution >= 4 is 338 Å². The Morgan fingerprint density at radius 2 is 0.701 bits per heavy atom. The zero-order valence-electron chi connectivity index (χ0n) is 44.2. The molecule has 10 nitrogen and oxygen atoms in total. The maximum atomic E-state index is 10.3. The van der Waals surface area contributed by atoms with Crippen LogP contribution in [0.25, 0.3) is 0 Å². The fraction of sp³-hybridized carbons (Fsp3) is 0.650. The monoisotopic (exact) mass is 1880 g/mol. The molecular weight excluding hydrogens is 1830 g/mol. The number of aryl methyl sites for hydroxylation is 2. The van der Waals surface area contributed by atoms with E-state index in [-0.39, 0.29) is 42.4 Å². The van der Waals surface area contributed by atoms with Crippen molar-refractivity contribution in [2.24, 2.45) is 23.7 Å². The van der Waals surface area contributed by atoms with Crippen molar-refractivity contribution in [3.05, 3.63) is 83.9 Å². The number of aliphatic hydroxyl groups excluding tert-OH is 6. The molecule has 2 aliphatic heterocycles. The summed E-state index contributed by atoms with van der Waals surface area (Å²) < 4.78 is 21.9. The molecule has 87 heavy (non-hydrogen) atoms. The molecule has 4 aliphatic rings. The average Bonchev–Trinajstić information content (AvgIpc) is 4.57. The molecular formula is C40H58O10S37. The van der Waals surface area contributed by atoms with Gasteiger partial charge in [0.05, 0.1) is 63.1 Å². The van der Waals surface area contributed by atoms with Crippen LogP contribution in [-0.4, -0.2) is 106 Å². The molecule has 6 rings (SSSR count). The third kappa shape index (κ3) is 46.1. The van der Waals surface area contributed by atoms with E-state index >= 15 is 0 Å². The van der Waals surface area contributed by atoms with Crippen LogP contribution in [0.4, 0.5) is 0 Å². The topological polar surface area (TPSA) is 158 Å². The lowest BCUT2D eigenvalue weighted by atomic mass is 9.85. The molecule has 500 valence electrons. The molecule has 2 aliphatic carbocycles. The van der Waals surface area contributed by atoms with Gasteiger partial charge in [0.15, 0.2) is 12.6 Å². The van der Waals surface area contributed by atoms with Crippen molar-refractivity contribution in [3.63, 3.8) is 0 Å². The van der Waals surface area contributed by atoms with Crippen molar-refractivity contribution < 1.29 is 49.6 Å². The molecule has 2 saturated heterocycles. The van der Waals surface area contributed by atoms with E-state index in [0.717, 1.165) is 19.3 Å². The maximum absolute atomic E-state index is 10.3. The van der Waals surface area contributed by atoms with Crippen molar-refractivity contribution in [2.75, 3.05) is 26.4 Å². The highest BCUT2D eigenvalue weighted by molar-refractivity contribution is 8.79. The van der Waals surface area contributed by atoms with Crippen molar-refractivity contribution in [2.45, 2.75) is 113 Å². The van der Waals surface area contributed by atoms with E-state index in [1.165, 1.54) is 46.6 Å². The Labute approximate surface area is 623 Å². The highest BCUT2D eigenvalue weighted by Gasteiger charge is 2.44. The highest BCUT2D eigenvalue weighted by Crippen LogP contribution is 2.40. The van der Waals surface area contributed by atoms with Crippen LogP contribution in [0.5, 0.6) is 0 Å². The standard InChI is InChI=1S/C20H30O5.C20H28O5.S19.S18/c2*21-15(7-6-14-4-2-1-3-5-14)8-9-16-17(19(23)13-18(16)22)12-20-24-10-11-25-20;1-3-5-7-9-11-13-15-17-19-18-16-14-12-10-8-6-4-2;1-3-5-7-9-11-13-15-17-18-16-14-12-10-8-6-4-2/h1-5,15-23H,6-13H2;1-5,8-9,15-23H,6-7,10-13H2;;/b;9-8+;;/t2*15-,16+,17+,18+,19-;;/m00../s1. The summed E-state index contributed by atoms with van der Waals surface area (Å²) in [6.07, 6.45) is 6.18. The first-order chi connectivity index (χ1) is 42.6. The van der Waals surface area contributed by atoms with Gasteiger partial charge in [-0.3, -0.25) is 0 Å². The Balaban J connectivity index is 0.000000308. The largest absolute Gasteiger partial charge is 0.393 e. The van der Waals surface area contributed by atoms with Crippen LogP contribution in [0.15, 0.2) is 72.8 Å². The quantitative estimate of drug-likeness (QED) is 0.144. The molecule has 0 amide bonds. The molecule has 0 aromatic heterocycles. The second-order valence-electron chi connectivity index (χ2n) is 16.6. The van der Waals surface area contributed by atoms with Crippen LogP contribution >= 0.6 is 0 Å². The number of hydrogen-bond donors (Lipinski definition) is 6. The first-order valence-electron chi connectivity index (χ1n) is 24.4. The van der Waals surface area contributed by atoms with E-state index in [0.29, 0.717) is 71.4 Å². The van der Waals surface area contributed by atoms with Gasteiger partial charge in [0.2, 0.25) is 0 Å². The molecule has 6 N–H and O–H groups in total. The number of aliphatic hydroxyl groups is 6. The lowest BCUT2D eigenvalue weighted by Crippen LogP contribution is -2.28. The molecule has 2 aromatic rings. The molecule has 2 heterocycles. The second kappa shape index (κ2) is 61.8. The van der Waals surface area contributed by atoms with Gasteiger partial charge in [-0.25, -0.2) is 0 Å². The summed E-state index contributed by atoms with van der Waals surface area (Å²) >= 11 is 19.0. The molecule has 4 fully saturated rings. The van der Waals surface area contributed by atoms with E-state index in [1.807, 2.05) is 54.6 Å². The minimum Gasteiger partial charge on any atom is -0.393 e. The fourth-order valence-electron chi connectivity index (χ4n) is 8.29. The van der Waals surface area contributed by atoms with E-state index in [1.54, 1.807) is 264 Å². The van der Waals surface area contributed by atoms with Gasteiger partial charge in [0.1, 0.15) is 0 Å². The molecule has 0 bridgehead atoms. The molecule has 0 spiro atoms. The average molecular weight is 1890 g/mol. The van der Waals surface area contributed by atoms with E-state index in [2.05, 4.69) is 12.1 Å². The van der Waals surface area contributed by atoms with Crippen LogP contribution in [0.3, 0.4) is 0 Å². The van der Waals surface area contributed by atoms with Crippen LogP contribution in [0, 0.1) is 23.7 Å². The van der Waals surface area contributed by atoms with Gasteiger partial charge in [-0.1, -0.05) is 72.8 Å². The fourth-order valence-corrected chi connectivity index (χ4v) is 87.9. The van der Waals surface area contributed by atoms with Crippen molar-refractivity contribution in [3.8, 4) is 0 Å². The van der Waals surface area contributed by atoms with Gasteiger partial charge in [0.25, 0.3) is 0 Å². The van der Waals surface area contributed by atoms with Crippen LogP contribution in [-0.2, 0) is 370 Å². The van der Waals surface area contributed by atoms with Crippen LogP contribution in [0.1, 0.15) is 62.5 Å². The normalized spacial score (nSPS) is 21.3. The van der Waals surface area contributed by atoms with Gasteiger partial charge in [-0.2, -0.15) is 0 Å². The lowest BCUT2D eigenvalue weighted by Gasteiger charge is -2.26. The number of ether oxygens (including phenoxy) is 4. The predicted octanol–water partition coefficient (Wildman–Crippen LogP) is 3.45. The maximum Gasteiger partial charge on any atom is 0.158 e. The molecule has 0 unspecified atom stereocenters. The summed E-state index contributed by atoms with van der Waals surface area (Å²) in [6.45, 7) is 2.35. The molecule has 2 saturated carbocycles. The Kier molecular flexibility index (Phi) is 61.9. The summed E-state index contributed by atoms with van der Waals surface area (Å²) in [5, 5.41) is 61.6. The number of rotatable bonds is 15. The summed E-state index contributed by atoms with van der Waals surface area (Å²) in [5.74, 6) is -0.335. The summed E-state index contributed by atoms with van der Waals surface area (Å²) in [6, 6.07) is 20.2. The SMILES string of the molecule is O[C@@H](CCc1ccccc1)CC[C@@H]1[C@@H](CC2OCCO2)[C@@H](O)C[C@H]1O.O[C@H](/C=C/[C@@H]1[C@@H](CC2OCCO2)[C@@H](O)C[C@H]1O)CCc1ccccc1.S=S=S=S=S=S=S=S=S=S=S=S=S=S=S=S=S=S.S=S=S=S=S=S=S=S=S=S=S=S=S=S=S=S=S=S=S. The van der Waals surface area contributed by atoms with E-state index in [9.17, 15) is 30.6 Å². The van der Waals surface area contributed by atoms with Gasteiger partial charge >= 0.3 is 0 Å². The zero-order chi connectivity index (χ0) is 62.6. The predicted molar refractivity (Wildman–Crippen MR) is 460 cm³/mol. The molecule has 10 atom stereocenters. The Morgan fingerprint density at radius 3 is 1.07 bits per heavy atom. The first-order valence-corrected chi connectivity index (χ1v) is 71.1. The Hall–Kier alpha value is 5.92. The highest BCUT2D eigenvalue weighted by atomic mass is 33.5. The minimum absolute atomic E-state index is 0.00539. The van der Waals surface area contributed by atoms with Crippen LogP contribution < -0.4 is 0 Å². The molecule has 47 heteroatoms. The first kappa shape index (κ1) is 87.1. The number of hydrogen-bond acceptors (Lipinski definition) is 14. The summed E-state index contributed by atoms with van der Waals surface area (Å²) in [7, 11) is 56.2. The third-order valence-electron chi connectivity index (χ3n) is 11.7. The zero-order valence-corrected chi connectivity index (χ0v) is 74.4. The summed E-state index contributed by atoms with van der Waals surface area (Å²) in [5.41, 5.74) is 2.42. The van der Waals surface area contributed by atoms with Crippen molar-refractivity contribution in [1.82, 2.24) is 0 Å². The van der Waals surface area contributed by atoms with Gasteiger partial charge in [0, 0.05) is 363 Å². The van der Waals surface area contributed by atoms with Crippen LogP contribution in [0.2, 0.25) is 0 Å². The Morgan fingerprint density at radius 1 is 0.391 bits per heavy atom. The Bertz CT molecular complexity index is 3860. The number of benzene rings is 2. The smallest absolute Gasteiger partial charge is 0.158 e. The van der Waals surface area contributed by atoms with Crippen molar-refractivity contribution in [1.29, 1.82) is 0 Å². The lowest BCUT2D eigenvalue weighted by molar-refractivity contribution is -0.0730. The molecule has 2 aromatic carbocycles. The second-order valence-corrected chi connectivity index (χ2v) is 75.0. The van der Waals surface area contributed by atoms with Gasteiger partial charge in [-0.05, 0) is 73.8 Å². The molecule has 0 radical (unpaired) electrons. The van der Waals surface area contributed by atoms with E-state index in [4.69, 9.17) is 63.7 Å². The minimum atomic E-state index is -0.598.